The second-order valence-corrected chi connectivity index (χ2v) is 7.22. The number of benzene rings is 2. The number of fused-ring (bicyclic) bond motifs is 1. The summed E-state index contributed by atoms with van der Waals surface area (Å²) in [5.41, 5.74) is 2.58. The molecular formula is C23H23N5O4. The van der Waals surface area contributed by atoms with Crippen molar-refractivity contribution in [2.75, 3.05) is 19.5 Å². The van der Waals surface area contributed by atoms with Gasteiger partial charge in [-0.05, 0) is 38.1 Å². The fourth-order valence-corrected chi connectivity index (χ4v) is 3.64. The van der Waals surface area contributed by atoms with E-state index in [1.807, 2.05) is 37.3 Å². The zero-order valence-corrected chi connectivity index (χ0v) is 18.2. The van der Waals surface area contributed by atoms with Gasteiger partial charge in [0, 0.05) is 6.07 Å². The van der Waals surface area contributed by atoms with Crippen molar-refractivity contribution in [1.82, 2.24) is 19.6 Å². The summed E-state index contributed by atoms with van der Waals surface area (Å²) in [6, 6.07) is 14.6. The maximum absolute atomic E-state index is 13.1. The number of carbonyl (C=O) groups excluding carboxylic acids is 1. The van der Waals surface area contributed by atoms with Crippen molar-refractivity contribution in [3.8, 4) is 17.2 Å². The number of anilines is 1. The quantitative estimate of drug-likeness (QED) is 0.502. The minimum atomic E-state index is -0.430. The number of methoxy groups -OCH3 is 2. The molecule has 0 bridgehead atoms. The van der Waals surface area contributed by atoms with Gasteiger partial charge in [-0.25, -0.2) is 9.36 Å². The van der Waals surface area contributed by atoms with E-state index in [1.165, 1.54) is 7.11 Å². The largest absolute Gasteiger partial charge is 0.497 e. The van der Waals surface area contributed by atoms with E-state index >= 15 is 0 Å². The van der Waals surface area contributed by atoms with Gasteiger partial charge in [-0.15, -0.1) is 0 Å². The molecule has 4 aromatic rings. The first kappa shape index (κ1) is 21.1. The van der Waals surface area contributed by atoms with Crippen molar-refractivity contribution in [3.63, 3.8) is 0 Å². The van der Waals surface area contributed by atoms with Crippen LogP contribution >= 0.6 is 0 Å². The van der Waals surface area contributed by atoms with Crippen molar-refractivity contribution >= 4 is 22.5 Å². The molecule has 0 fully saturated rings. The summed E-state index contributed by atoms with van der Waals surface area (Å²) in [4.78, 5) is 25.7. The molecule has 0 radical (unpaired) electrons. The first-order valence-corrected chi connectivity index (χ1v) is 9.97. The monoisotopic (exact) mass is 433 g/mol. The Balaban J connectivity index is 1.66. The van der Waals surface area contributed by atoms with E-state index in [2.05, 4.69) is 15.5 Å². The maximum atomic E-state index is 13.1. The number of ether oxygens (including phenoxy) is 2. The van der Waals surface area contributed by atoms with Crippen LogP contribution in [0.15, 0.2) is 53.3 Å². The van der Waals surface area contributed by atoms with Crippen LogP contribution in [0.2, 0.25) is 0 Å². The van der Waals surface area contributed by atoms with E-state index in [9.17, 15) is 9.59 Å². The zero-order valence-electron chi connectivity index (χ0n) is 18.2. The van der Waals surface area contributed by atoms with Crippen LogP contribution in [0.5, 0.6) is 11.5 Å². The van der Waals surface area contributed by atoms with Gasteiger partial charge in [-0.3, -0.25) is 9.59 Å². The number of amides is 1. The minimum absolute atomic E-state index is 0.262. The van der Waals surface area contributed by atoms with Crippen LogP contribution in [-0.2, 0) is 11.3 Å². The Labute approximate surface area is 184 Å². The molecule has 0 spiro atoms. The molecule has 1 amide bonds. The topological polar surface area (TPSA) is 100 Å². The van der Waals surface area contributed by atoms with Gasteiger partial charge in [0.05, 0.1) is 42.4 Å². The summed E-state index contributed by atoms with van der Waals surface area (Å²) in [5, 5.41) is 12.3. The van der Waals surface area contributed by atoms with Crippen LogP contribution in [0.3, 0.4) is 0 Å². The normalized spacial score (nSPS) is 10.9. The summed E-state index contributed by atoms with van der Waals surface area (Å²) < 4.78 is 13.3. The maximum Gasteiger partial charge on any atom is 0.295 e. The average molecular weight is 433 g/mol. The highest BCUT2D eigenvalue weighted by atomic mass is 16.5. The molecule has 2 aromatic carbocycles. The number of aromatic nitrogens is 4. The van der Waals surface area contributed by atoms with Gasteiger partial charge in [0.1, 0.15) is 18.0 Å². The molecule has 0 aliphatic rings. The lowest BCUT2D eigenvalue weighted by Gasteiger charge is -2.12. The summed E-state index contributed by atoms with van der Waals surface area (Å²) in [5.74, 6) is 0.631. The number of hydrogen-bond donors (Lipinski definition) is 1. The molecule has 0 atom stereocenters. The van der Waals surface area contributed by atoms with Crippen molar-refractivity contribution in [3.05, 3.63) is 70.3 Å². The van der Waals surface area contributed by atoms with Gasteiger partial charge in [0.2, 0.25) is 5.91 Å². The predicted octanol–water partition coefficient (Wildman–Crippen LogP) is 2.85. The molecule has 0 saturated carbocycles. The molecule has 164 valence electrons. The lowest BCUT2D eigenvalue weighted by Crippen LogP contribution is -2.30. The SMILES string of the molecule is COc1ccc(NC(=O)Cn2nc(C)c3c(C)n(-c4ccccc4)nc3c2=O)c(OC)c1. The second kappa shape index (κ2) is 8.54. The molecule has 9 nitrogen and oxygen atoms in total. The third-order valence-electron chi connectivity index (χ3n) is 5.16. The molecule has 2 aromatic heterocycles. The third-order valence-corrected chi connectivity index (χ3v) is 5.16. The minimum Gasteiger partial charge on any atom is -0.497 e. The fourth-order valence-electron chi connectivity index (χ4n) is 3.64. The Morgan fingerprint density at radius 3 is 2.47 bits per heavy atom. The summed E-state index contributed by atoms with van der Waals surface area (Å²) in [6.07, 6.45) is 0. The van der Waals surface area contributed by atoms with Gasteiger partial charge >= 0.3 is 0 Å². The van der Waals surface area contributed by atoms with Crippen LogP contribution in [-0.4, -0.2) is 39.7 Å². The third kappa shape index (κ3) is 3.80. The van der Waals surface area contributed by atoms with E-state index in [-0.39, 0.29) is 12.1 Å². The number of para-hydroxylation sites is 1. The average Bonchev–Trinajstić information content (AvgIpc) is 3.16. The number of carbonyl (C=O) groups is 1. The van der Waals surface area contributed by atoms with Crippen LogP contribution in [0, 0.1) is 13.8 Å². The number of hydrogen-bond acceptors (Lipinski definition) is 6. The van der Waals surface area contributed by atoms with Gasteiger partial charge < -0.3 is 14.8 Å². The lowest BCUT2D eigenvalue weighted by atomic mass is 10.2. The highest BCUT2D eigenvalue weighted by Gasteiger charge is 2.19. The van der Waals surface area contributed by atoms with Crippen LogP contribution in [0.25, 0.3) is 16.6 Å². The van der Waals surface area contributed by atoms with Gasteiger partial charge in [0.25, 0.3) is 5.56 Å². The molecular weight excluding hydrogens is 410 g/mol. The Morgan fingerprint density at radius 2 is 1.78 bits per heavy atom. The van der Waals surface area contributed by atoms with Gasteiger partial charge in [-0.2, -0.15) is 10.2 Å². The molecule has 0 saturated heterocycles. The Hall–Kier alpha value is -4.14. The van der Waals surface area contributed by atoms with E-state index in [4.69, 9.17) is 9.47 Å². The molecule has 0 aliphatic carbocycles. The molecule has 1 N–H and O–H groups in total. The Morgan fingerprint density at radius 1 is 1.03 bits per heavy atom. The van der Waals surface area contributed by atoms with Crippen LogP contribution in [0.4, 0.5) is 5.69 Å². The number of nitrogens with zero attached hydrogens (tertiary/aromatic N) is 4. The smallest absolute Gasteiger partial charge is 0.295 e. The summed E-state index contributed by atoms with van der Waals surface area (Å²) in [6.45, 7) is 3.43. The zero-order chi connectivity index (χ0) is 22.8. The van der Waals surface area contributed by atoms with Crippen molar-refractivity contribution in [2.45, 2.75) is 20.4 Å². The van der Waals surface area contributed by atoms with Crippen molar-refractivity contribution in [1.29, 1.82) is 0 Å². The predicted molar refractivity (Wildman–Crippen MR) is 121 cm³/mol. The molecule has 32 heavy (non-hydrogen) atoms. The van der Waals surface area contributed by atoms with Crippen LogP contribution in [0.1, 0.15) is 11.4 Å². The molecule has 9 heteroatoms. The van der Waals surface area contributed by atoms with E-state index in [0.29, 0.717) is 28.3 Å². The molecule has 0 aliphatic heterocycles. The van der Waals surface area contributed by atoms with Crippen molar-refractivity contribution in [2.24, 2.45) is 0 Å². The second-order valence-electron chi connectivity index (χ2n) is 7.22. The highest BCUT2D eigenvalue weighted by Crippen LogP contribution is 2.29. The number of nitrogens with one attached hydrogen (secondary N) is 1. The fraction of sp³-hybridized carbons (Fsp3) is 0.217. The first-order valence-electron chi connectivity index (χ1n) is 9.97. The van der Waals surface area contributed by atoms with E-state index < -0.39 is 11.5 Å². The lowest BCUT2D eigenvalue weighted by molar-refractivity contribution is -0.117. The van der Waals surface area contributed by atoms with Gasteiger partial charge in [-0.1, -0.05) is 18.2 Å². The van der Waals surface area contributed by atoms with Gasteiger partial charge in [0.15, 0.2) is 5.52 Å². The summed E-state index contributed by atoms with van der Waals surface area (Å²) >= 11 is 0. The standard InChI is InChI=1S/C23H23N5O4/c1-14-21-15(2)28(16-8-6-5-7-9-16)26-22(21)23(30)27(25-14)13-20(29)24-18-11-10-17(31-3)12-19(18)32-4/h5-12H,13H2,1-4H3,(H,24,29). The van der Waals surface area contributed by atoms with Crippen molar-refractivity contribution < 1.29 is 14.3 Å². The molecule has 0 unspecified atom stereocenters. The number of aryl methyl sites for hydroxylation is 2. The summed E-state index contributed by atoms with van der Waals surface area (Å²) in [7, 11) is 3.05. The van der Waals surface area contributed by atoms with Crippen LogP contribution < -0.4 is 20.3 Å². The Kier molecular flexibility index (Phi) is 5.63. The molecule has 2 heterocycles. The first-order chi connectivity index (χ1) is 15.4. The molecule has 4 rings (SSSR count). The number of rotatable bonds is 6. The highest BCUT2D eigenvalue weighted by molar-refractivity contribution is 5.92. The Bertz CT molecular complexity index is 1360. The van der Waals surface area contributed by atoms with E-state index in [1.54, 1.807) is 36.9 Å². The van der Waals surface area contributed by atoms with E-state index in [0.717, 1.165) is 16.1 Å².